The molecule has 122 valence electrons. The number of rotatable bonds is 4. The number of amides is 1. The van der Waals surface area contributed by atoms with E-state index in [1.165, 1.54) is 12.1 Å². The van der Waals surface area contributed by atoms with Gasteiger partial charge in [-0.25, -0.2) is 0 Å². The number of benzene rings is 2. The van der Waals surface area contributed by atoms with Crippen LogP contribution in [-0.4, -0.2) is 12.5 Å². The Morgan fingerprint density at radius 1 is 1.13 bits per heavy atom. The zero-order valence-electron chi connectivity index (χ0n) is 12.2. The Kier molecular flexibility index (Phi) is 5.30. The van der Waals surface area contributed by atoms with Gasteiger partial charge in [0, 0.05) is 15.8 Å². The number of halogens is 4. The molecular formula is C16H14BrF3N2O. The predicted octanol–water partition coefficient (Wildman–Crippen LogP) is 4.83. The number of aryl methyl sites for hydroxylation is 1. The third-order valence-corrected chi connectivity index (χ3v) is 3.95. The fraction of sp³-hybridized carbons (Fsp3) is 0.188. The van der Waals surface area contributed by atoms with Crippen LogP contribution in [0.25, 0.3) is 0 Å². The van der Waals surface area contributed by atoms with Crippen LogP contribution in [0.1, 0.15) is 11.1 Å². The van der Waals surface area contributed by atoms with Crippen molar-refractivity contribution in [2.45, 2.75) is 13.1 Å². The molecule has 0 radical (unpaired) electrons. The highest BCUT2D eigenvalue weighted by Crippen LogP contribution is 2.30. The molecule has 0 bridgehead atoms. The van der Waals surface area contributed by atoms with Crippen molar-refractivity contribution >= 4 is 33.2 Å². The van der Waals surface area contributed by atoms with Crippen molar-refractivity contribution in [3.63, 3.8) is 0 Å². The molecular weight excluding hydrogens is 373 g/mol. The molecule has 0 aromatic heterocycles. The number of alkyl halides is 3. The second kappa shape index (κ2) is 7.04. The van der Waals surface area contributed by atoms with Crippen LogP contribution in [-0.2, 0) is 11.0 Å². The standard InChI is InChI=1S/C16H14BrF3N2O/c1-10-5-6-13(8-14(10)17)22-15(23)9-21-12-4-2-3-11(7-12)16(18,19)20/h2-8,21H,9H2,1H3,(H,22,23). The van der Waals surface area contributed by atoms with Gasteiger partial charge in [0.1, 0.15) is 0 Å². The van der Waals surface area contributed by atoms with E-state index in [1.807, 2.05) is 13.0 Å². The Morgan fingerprint density at radius 2 is 1.87 bits per heavy atom. The van der Waals surface area contributed by atoms with Gasteiger partial charge in [-0.15, -0.1) is 0 Å². The van der Waals surface area contributed by atoms with Crippen molar-refractivity contribution in [1.82, 2.24) is 0 Å². The zero-order chi connectivity index (χ0) is 17.0. The molecule has 0 aliphatic rings. The van der Waals surface area contributed by atoms with E-state index in [-0.39, 0.29) is 18.1 Å². The summed E-state index contributed by atoms with van der Waals surface area (Å²) in [7, 11) is 0. The van der Waals surface area contributed by atoms with Gasteiger partial charge in [0.05, 0.1) is 12.1 Å². The third kappa shape index (κ3) is 4.99. The van der Waals surface area contributed by atoms with Crippen molar-refractivity contribution in [2.75, 3.05) is 17.2 Å². The molecule has 2 rings (SSSR count). The average Bonchev–Trinajstić information content (AvgIpc) is 2.48. The molecule has 1 amide bonds. The first-order valence-electron chi connectivity index (χ1n) is 6.73. The Labute approximate surface area is 140 Å². The highest BCUT2D eigenvalue weighted by atomic mass is 79.9. The second-order valence-electron chi connectivity index (χ2n) is 4.94. The summed E-state index contributed by atoms with van der Waals surface area (Å²) in [5, 5.41) is 5.35. The number of hydrogen-bond acceptors (Lipinski definition) is 2. The van der Waals surface area contributed by atoms with E-state index in [2.05, 4.69) is 26.6 Å². The van der Waals surface area contributed by atoms with Crippen molar-refractivity contribution in [3.05, 3.63) is 58.1 Å². The molecule has 2 N–H and O–H groups in total. The summed E-state index contributed by atoms with van der Waals surface area (Å²) < 4.78 is 38.7. The van der Waals surface area contributed by atoms with Gasteiger partial charge in [-0.3, -0.25) is 4.79 Å². The van der Waals surface area contributed by atoms with Gasteiger partial charge in [-0.05, 0) is 42.8 Å². The molecule has 0 spiro atoms. The van der Waals surface area contributed by atoms with E-state index >= 15 is 0 Å². The number of nitrogens with one attached hydrogen (secondary N) is 2. The fourth-order valence-electron chi connectivity index (χ4n) is 1.86. The molecule has 0 atom stereocenters. The molecule has 0 fully saturated rings. The van der Waals surface area contributed by atoms with Crippen LogP contribution >= 0.6 is 15.9 Å². The van der Waals surface area contributed by atoms with Gasteiger partial charge in [0.2, 0.25) is 5.91 Å². The molecule has 0 saturated carbocycles. The highest BCUT2D eigenvalue weighted by Gasteiger charge is 2.30. The summed E-state index contributed by atoms with van der Waals surface area (Å²) in [6.07, 6.45) is -4.41. The summed E-state index contributed by atoms with van der Waals surface area (Å²) in [4.78, 5) is 11.9. The molecule has 0 aliphatic heterocycles. The molecule has 2 aromatic rings. The maximum atomic E-state index is 12.6. The van der Waals surface area contributed by atoms with Crippen LogP contribution in [0, 0.1) is 6.92 Å². The van der Waals surface area contributed by atoms with Crippen LogP contribution in [0.4, 0.5) is 24.5 Å². The molecule has 0 saturated heterocycles. The minimum absolute atomic E-state index is 0.132. The van der Waals surface area contributed by atoms with Crippen LogP contribution in [0.3, 0.4) is 0 Å². The average molecular weight is 387 g/mol. The van der Waals surface area contributed by atoms with Crippen LogP contribution < -0.4 is 10.6 Å². The number of carbonyl (C=O) groups excluding carboxylic acids is 1. The number of hydrogen-bond donors (Lipinski definition) is 2. The van der Waals surface area contributed by atoms with Crippen molar-refractivity contribution in [1.29, 1.82) is 0 Å². The van der Waals surface area contributed by atoms with E-state index in [0.29, 0.717) is 5.69 Å². The first-order valence-corrected chi connectivity index (χ1v) is 7.52. The number of carbonyl (C=O) groups is 1. The quantitative estimate of drug-likeness (QED) is 0.790. The summed E-state index contributed by atoms with van der Waals surface area (Å²) in [6.45, 7) is 1.79. The van der Waals surface area contributed by atoms with Crippen molar-refractivity contribution in [2.24, 2.45) is 0 Å². The van der Waals surface area contributed by atoms with Gasteiger partial charge in [0.15, 0.2) is 0 Å². The van der Waals surface area contributed by atoms with Gasteiger partial charge >= 0.3 is 6.18 Å². The molecule has 2 aromatic carbocycles. The van der Waals surface area contributed by atoms with Gasteiger partial charge < -0.3 is 10.6 Å². The van der Waals surface area contributed by atoms with Crippen molar-refractivity contribution < 1.29 is 18.0 Å². The first-order chi connectivity index (χ1) is 10.8. The molecule has 0 aliphatic carbocycles. The zero-order valence-corrected chi connectivity index (χ0v) is 13.8. The van der Waals surface area contributed by atoms with Crippen molar-refractivity contribution in [3.8, 4) is 0 Å². The first kappa shape index (κ1) is 17.3. The van der Waals surface area contributed by atoms with E-state index in [9.17, 15) is 18.0 Å². The monoisotopic (exact) mass is 386 g/mol. The highest BCUT2D eigenvalue weighted by molar-refractivity contribution is 9.10. The lowest BCUT2D eigenvalue weighted by Gasteiger charge is -2.11. The van der Waals surface area contributed by atoms with Gasteiger partial charge in [-0.1, -0.05) is 28.1 Å². The van der Waals surface area contributed by atoms with Crippen LogP contribution in [0.5, 0.6) is 0 Å². The molecule has 23 heavy (non-hydrogen) atoms. The summed E-state index contributed by atoms with van der Waals surface area (Å²) in [5.41, 5.74) is 1.12. The minimum Gasteiger partial charge on any atom is -0.376 e. The molecule has 0 unspecified atom stereocenters. The smallest absolute Gasteiger partial charge is 0.376 e. The fourth-order valence-corrected chi connectivity index (χ4v) is 2.24. The Hall–Kier alpha value is -2.02. The predicted molar refractivity (Wildman–Crippen MR) is 87.4 cm³/mol. The summed E-state index contributed by atoms with van der Waals surface area (Å²) >= 11 is 3.36. The normalized spacial score (nSPS) is 11.2. The maximum Gasteiger partial charge on any atom is 0.416 e. The van der Waals surface area contributed by atoms with E-state index in [1.54, 1.807) is 12.1 Å². The Morgan fingerprint density at radius 3 is 2.52 bits per heavy atom. The second-order valence-corrected chi connectivity index (χ2v) is 5.80. The van der Waals surface area contributed by atoms with E-state index in [4.69, 9.17) is 0 Å². The van der Waals surface area contributed by atoms with Gasteiger partial charge in [0.25, 0.3) is 0 Å². The Balaban J connectivity index is 1.95. The summed E-state index contributed by atoms with van der Waals surface area (Å²) in [6, 6.07) is 10.1. The number of anilines is 2. The van der Waals surface area contributed by atoms with E-state index in [0.717, 1.165) is 22.2 Å². The lowest BCUT2D eigenvalue weighted by molar-refractivity contribution is -0.137. The third-order valence-electron chi connectivity index (χ3n) is 3.10. The maximum absolute atomic E-state index is 12.6. The lowest BCUT2D eigenvalue weighted by atomic mass is 10.2. The van der Waals surface area contributed by atoms with E-state index < -0.39 is 11.7 Å². The Bertz CT molecular complexity index is 717. The largest absolute Gasteiger partial charge is 0.416 e. The molecule has 0 heterocycles. The van der Waals surface area contributed by atoms with Crippen LogP contribution in [0.2, 0.25) is 0 Å². The molecule has 3 nitrogen and oxygen atoms in total. The summed E-state index contributed by atoms with van der Waals surface area (Å²) in [5.74, 6) is -0.349. The lowest BCUT2D eigenvalue weighted by Crippen LogP contribution is -2.22. The SMILES string of the molecule is Cc1ccc(NC(=O)CNc2cccc(C(F)(F)F)c2)cc1Br. The topological polar surface area (TPSA) is 41.1 Å². The molecule has 7 heteroatoms. The van der Waals surface area contributed by atoms with Crippen LogP contribution in [0.15, 0.2) is 46.9 Å². The minimum atomic E-state index is -4.41. The van der Waals surface area contributed by atoms with Gasteiger partial charge in [-0.2, -0.15) is 13.2 Å².